The molecule has 0 saturated carbocycles. The number of rotatable bonds is 2. The number of cyclic esters (lactones) is 1. The average Bonchev–Trinajstić information content (AvgIpc) is 3.00. The summed E-state index contributed by atoms with van der Waals surface area (Å²) in [5.74, 6) is -0.230. The number of amides is 1. The molecule has 3 rings (SSSR count). The summed E-state index contributed by atoms with van der Waals surface area (Å²) in [6, 6.07) is 7.29. The molecule has 0 spiro atoms. The molecule has 0 aliphatic carbocycles. The van der Waals surface area contributed by atoms with Gasteiger partial charge < -0.3 is 9.64 Å². The monoisotopic (exact) mass is 245 g/mol. The lowest BCUT2D eigenvalue weighted by Gasteiger charge is -2.17. The van der Waals surface area contributed by atoms with Crippen molar-refractivity contribution in [2.75, 3.05) is 13.1 Å². The largest absolute Gasteiger partial charge is 0.453 e. The molecule has 1 atom stereocenters. The Hall–Kier alpha value is -1.84. The summed E-state index contributed by atoms with van der Waals surface area (Å²) in [4.78, 5) is 25.5. The van der Waals surface area contributed by atoms with Gasteiger partial charge >= 0.3 is 5.97 Å². The van der Waals surface area contributed by atoms with Gasteiger partial charge in [-0.15, -0.1) is 0 Å². The van der Waals surface area contributed by atoms with Crippen molar-refractivity contribution in [3.8, 4) is 0 Å². The van der Waals surface area contributed by atoms with Crippen molar-refractivity contribution >= 4 is 11.9 Å². The standard InChI is InChI=1S/C14H15NO3/c16-13(15-7-3-4-8-15)9-12-10-5-1-2-6-11(10)14(17)18-12/h1-2,5-6,12H,3-4,7-9H2. The number of likely N-dealkylation sites (tertiary alicyclic amines) is 1. The van der Waals surface area contributed by atoms with Crippen LogP contribution in [0.1, 0.15) is 41.3 Å². The first-order chi connectivity index (χ1) is 8.75. The van der Waals surface area contributed by atoms with Crippen molar-refractivity contribution in [1.82, 2.24) is 4.90 Å². The fourth-order valence-electron chi connectivity index (χ4n) is 2.63. The van der Waals surface area contributed by atoms with E-state index in [0.717, 1.165) is 31.5 Å². The molecule has 0 bridgehead atoms. The van der Waals surface area contributed by atoms with Crippen LogP contribution in [-0.4, -0.2) is 29.9 Å². The Kier molecular flexibility index (Phi) is 2.78. The molecule has 2 heterocycles. The van der Waals surface area contributed by atoms with Gasteiger partial charge in [-0.3, -0.25) is 4.79 Å². The summed E-state index contributed by atoms with van der Waals surface area (Å²) >= 11 is 0. The molecule has 0 aromatic heterocycles. The lowest BCUT2D eigenvalue weighted by Crippen LogP contribution is -2.28. The van der Waals surface area contributed by atoms with Gasteiger partial charge in [0.05, 0.1) is 12.0 Å². The van der Waals surface area contributed by atoms with Crippen LogP contribution in [0.25, 0.3) is 0 Å². The molecular formula is C14H15NO3. The van der Waals surface area contributed by atoms with Crippen LogP contribution in [0, 0.1) is 0 Å². The lowest BCUT2D eigenvalue weighted by atomic mass is 10.0. The van der Waals surface area contributed by atoms with Gasteiger partial charge in [-0.2, -0.15) is 0 Å². The molecule has 1 aromatic carbocycles. The van der Waals surface area contributed by atoms with Crippen molar-refractivity contribution < 1.29 is 14.3 Å². The van der Waals surface area contributed by atoms with Crippen LogP contribution < -0.4 is 0 Å². The van der Waals surface area contributed by atoms with Crippen molar-refractivity contribution in [1.29, 1.82) is 0 Å². The number of fused-ring (bicyclic) bond motifs is 1. The van der Waals surface area contributed by atoms with E-state index >= 15 is 0 Å². The third-order valence-electron chi connectivity index (χ3n) is 3.60. The first-order valence-corrected chi connectivity index (χ1v) is 6.33. The molecule has 4 heteroatoms. The summed E-state index contributed by atoms with van der Waals surface area (Å²) in [6.45, 7) is 1.67. The molecule has 0 N–H and O–H groups in total. The zero-order chi connectivity index (χ0) is 12.5. The first-order valence-electron chi connectivity index (χ1n) is 6.33. The Bertz CT molecular complexity index is 492. The van der Waals surface area contributed by atoms with Gasteiger partial charge in [0.2, 0.25) is 5.91 Å². The van der Waals surface area contributed by atoms with E-state index in [1.807, 2.05) is 23.1 Å². The number of hydrogen-bond donors (Lipinski definition) is 0. The Balaban J connectivity index is 1.75. The zero-order valence-electron chi connectivity index (χ0n) is 10.1. The highest BCUT2D eigenvalue weighted by Gasteiger charge is 2.33. The summed E-state index contributed by atoms with van der Waals surface area (Å²) in [6.07, 6.45) is 2.02. The molecule has 2 aliphatic heterocycles. The summed E-state index contributed by atoms with van der Waals surface area (Å²) in [7, 11) is 0. The smallest absolute Gasteiger partial charge is 0.339 e. The van der Waals surface area contributed by atoms with E-state index in [1.165, 1.54) is 0 Å². The van der Waals surface area contributed by atoms with Crippen LogP contribution in [0.5, 0.6) is 0 Å². The molecule has 94 valence electrons. The predicted octanol–water partition coefficient (Wildman–Crippen LogP) is 1.91. The number of carbonyl (C=O) groups is 2. The summed E-state index contributed by atoms with van der Waals surface area (Å²) in [5, 5.41) is 0. The number of nitrogens with zero attached hydrogens (tertiary/aromatic N) is 1. The minimum absolute atomic E-state index is 0.0852. The van der Waals surface area contributed by atoms with E-state index in [2.05, 4.69) is 0 Å². The second-order valence-corrected chi connectivity index (χ2v) is 4.77. The number of hydrogen-bond acceptors (Lipinski definition) is 3. The maximum Gasteiger partial charge on any atom is 0.339 e. The van der Waals surface area contributed by atoms with Crippen LogP contribution in [0.2, 0.25) is 0 Å². The van der Waals surface area contributed by atoms with E-state index in [9.17, 15) is 9.59 Å². The quantitative estimate of drug-likeness (QED) is 0.748. The van der Waals surface area contributed by atoms with Crippen molar-refractivity contribution in [3.05, 3.63) is 35.4 Å². The van der Waals surface area contributed by atoms with Crippen molar-refractivity contribution in [3.63, 3.8) is 0 Å². The van der Waals surface area contributed by atoms with E-state index in [1.54, 1.807) is 6.07 Å². The van der Waals surface area contributed by atoms with Crippen LogP contribution in [0.15, 0.2) is 24.3 Å². The normalized spacial score (nSPS) is 21.9. The van der Waals surface area contributed by atoms with E-state index < -0.39 is 6.10 Å². The molecule has 2 aliphatic rings. The molecule has 1 saturated heterocycles. The third kappa shape index (κ3) is 1.88. The van der Waals surface area contributed by atoms with E-state index in [0.29, 0.717) is 5.56 Å². The molecule has 1 fully saturated rings. The maximum absolute atomic E-state index is 12.1. The van der Waals surface area contributed by atoms with Gasteiger partial charge in [0.15, 0.2) is 0 Å². The topological polar surface area (TPSA) is 46.6 Å². The SMILES string of the molecule is O=C1OC(CC(=O)N2CCCC2)c2ccccc21. The fraction of sp³-hybridized carbons (Fsp3) is 0.429. The van der Waals surface area contributed by atoms with Gasteiger partial charge in [0.1, 0.15) is 6.10 Å². The van der Waals surface area contributed by atoms with Gasteiger partial charge in [-0.25, -0.2) is 4.79 Å². The lowest BCUT2D eigenvalue weighted by molar-refractivity contribution is -0.132. The van der Waals surface area contributed by atoms with Crippen LogP contribution in [-0.2, 0) is 9.53 Å². The maximum atomic E-state index is 12.1. The van der Waals surface area contributed by atoms with Crippen LogP contribution >= 0.6 is 0 Å². The molecule has 0 radical (unpaired) electrons. The minimum Gasteiger partial charge on any atom is -0.453 e. The number of carbonyl (C=O) groups excluding carboxylic acids is 2. The van der Waals surface area contributed by atoms with Gasteiger partial charge in [-0.05, 0) is 18.9 Å². The minimum atomic E-state index is -0.401. The van der Waals surface area contributed by atoms with Gasteiger partial charge in [-0.1, -0.05) is 18.2 Å². The highest BCUT2D eigenvalue weighted by atomic mass is 16.5. The molecule has 1 unspecified atom stereocenters. The summed E-state index contributed by atoms with van der Waals surface area (Å²) < 4.78 is 5.28. The Morgan fingerprint density at radius 1 is 1.28 bits per heavy atom. The molecule has 1 amide bonds. The highest BCUT2D eigenvalue weighted by molar-refractivity contribution is 5.94. The predicted molar refractivity (Wildman–Crippen MR) is 65.0 cm³/mol. The van der Waals surface area contributed by atoms with E-state index in [4.69, 9.17) is 4.74 Å². The number of ether oxygens (including phenoxy) is 1. The van der Waals surface area contributed by atoms with Crippen LogP contribution in [0.3, 0.4) is 0 Å². The first kappa shape index (κ1) is 11.3. The summed E-state index contributed by atoms with van der Waals surface area (Å²) in [5.41, 5.74) is 1.44. The highest BCUT2D eigenvalue weighted by Crippen LogP contribution is 2.33. The molecule has 4 nitrogen and oxygen atoms in total. The van der Waals surface area contributed by atoms with Crippen molar-refractivity contribution in [2.45, 2.75) is 25.4 Å². The van der Waals surface area contributed by atoms with Gasteiger partial charge in [0, 0.05) is 18.7 Å². The van der Waals surface area contributed by atoms with Crippen molar-refractivity contribution in [2.24, 2.45) is 0 Å². The third-order valence-corrected chi connectivity index (χ3v) is 3.60. The average molecular weight is 245 g/mol. The fourth-order valence-corrected chi connectivity index (χ4v) is 2.63. The second-order valence-electron chi connectivity index (χ2n) is 4.77. The molecule has 18 heavy (non-hydrogen) atoms. The van der Waals surface area contributed by atoms with Gasteiger partial charge in [0.25, 0.3) is 0 Å². The Labute approximate surface area is 106 Å². The second kappa shape index (κ2) is 4.44. The Morgan fingerprint density at radius 3 is 2.78 bits per heavy atom. The number of benzene rings is 1. The zero-order valence-corrected chi connectivity index (χ0v) is 10.1. The Morgan fingerprint density at radius 2 is 2.00 bits per heavy atom. The molecule has 1 aromatic rings. The van der Waals surface area contributed by atoms with E-state index in [-0.39, 0.29) is 18.3 Å². The molecular weight excluding hydrogens is 230 g/mol. The van der Waals surface area contributed by atoms with Crippen LogP contribution in [0.4, 0.5) is 0 Å². The number of esters is 1.